The first-order chi connectivity index (χ1) is 12.9. The fraction of sp³-hybridized carbons (Fsp3) is 0.556. The average Bonchev–Trinajstić information content (AvgIpc) is 2.68. The molecule has 0 aromatic heterocycles. The van der Waals surface area contributed by atoms with Gasteiger partial charge in [0.2, 0.25) is 0 Å². The van der Waals surface area contributed by atoms with E-state index in [4.69, 9.17) is 9.47 Å². The fourth-order valence-electron chi connectivity index (χ4n) is 2.55. The highest BCUT2D eigenvalue weighted by Crippen LogP contribution is 1.99. The van der Waals surface area contributed by atoms with Gasteiger partial charge in [0.25, 0.3) is 0 Å². The third kappa shape index (κ3) is 10.1. The van der Waals surface area contributed by atoms with Crippen LogP contribution in [-0.2, 0) is 38.1 Å². The number of quaternary nitrogens is 1. The number of likely N-dealkylation sites (tertiary alicyclic amines) is 1. The van der Waals surface area contributed by atoms with E-state index in [1.165, 1.54) is 25.5 Å². The minimum Gasteiger partial charge on any atom is -0.466 e. The van der Waals surface area contributed by atoms with Gasteiger partial charge in [0.1, 0.15) is 13.2 Å². The van der Waals surface area contributed by atoms with Crippen molar-refractivity contribution in [2.45, 2.75) is 25.4 Å². The summed E-state index contributed by atoms with van der Waals surface area (Å²) in [6, 6.07) is 0. The van der Waals surface area contributed by atoms with Gasteiger partial charge in [0.15, 0.2) is 6.10 Å². The van der Waals surface area contributed by atoms with Gasteiger partial charge in [-0.15, -0.1) is 0 Å². The Bertz CT molecular complexity index is 578. The second kappa shape index (κ2) is 12.6. The fourth-order valence-corrected chi connectivity index (χ4v) is 2.55. The summed E-state index contributed by atoms with van der Waals surface area (Å²) < 4.78 is 19.1. The predicted octanol–water partition coefficient (Wildman–Crippen LogP) is -1.03. The summed E-state index contributed by atoms with van der Waals surface area (Å²) >= 11 is 0. The molecule has 0 saturated carbocycles. The van der Waals surface area contributed by atoms with Crippen LogP contribution in [0.4, 0.5) is 0 Å². The van der Waals surface area contributed by atoms with Crippen molar-refractivity contribution >= 4 is 23.9 Å². The van der Waals surface area contributed by atoms with E-state index in [2.05, 4.69) is 9.47 Å². The average molecular weight is 384 g/mol. The topological polar surface area (TPSA) is 110 Å². The minimum atomic E-state index is -0.750. The van der Waals surface area contributed by atoms with Gasteiger partial charge >= 0.3 is 23.9 Å². The molecule has 150 valence electrons. The number of esters is 4. The molecule has 9 heteroatoms. The van der Waals surface area contributed by atoms with Gasteiger partial charge in [-0.25, -0.2) is 19.2 Å². The zero-order valence-electron chi connectivity index (χ0n) is 15.6. The lowest BCUT2D eigenvalue weighted by atomic mass is 10.1. The smallest absolute Gasteiger partial charge is 0.331 e. The summed E-state index contributed by atoms with van der Waals surface area (Å²) in [6.07, 6.45) is 6.46. The number of nitrogens with one attached hydrogen (secondary N) is 1. The zero-order chi connectivity index (χ0) is 20.1. The Kier molecular flexibility index (Phi) is 10.5. The first-order valence-corrected chi connectivity index (χ1v) is 8.67. The van der Waals surface area contributed by atoms with Crippen molar-refractivity contribution in [3.05, 3.63) is 24.3 Å². The van der Waals surface area contributed by atoms with Gasteiger partial charge in [-0.2, -0.15) is 0 Å². The molecule has 1 aliphatic heterocycles. The molecule has 9 nitrogen and oxygen atoms in total. The van der Waals surface area contributed by atoms with Crippen LogP contribution in [0.3, 0.4) is 0 Å². The molecule has 0 radical (unpaired) electrons. The molecule has 0 aliphatic carbocycles. The first-order valence-electron chi connectivity index (χ1n) is 8.67. The van der Waals surface area contributed by atoms with E-state index >= 15 is 0 Å². The zero-order valence-corrected chi connectivity index (χ0v) is 15.6. The van der Waals surface area contributed by atoms with E-state index in [1.54, 1.807) is 0 Å². The number of hydrogen-bond acceptors (Lipinski definition) is 8. The summed E-state index contributed by atoms with van der Waals surface area (Å²) in [4.78, 5) is 46.8. The van der Waals surface area contributed by atoms with Crippen molar-refractivity contribution in [3.63, 3.8) is 0 Å². The van der Waals surface area contributed by atoms with Crippen LogP contribution in [-0.4, -0.2) is 70.4 Å². The predicted molar refractivity (Wildman–Crippen MR) is 92.6 cm³/mol. The quantitative estimate of drug-likeness (QED) is 0.305. The molecule has 1 unspecified atom stereocenters. The lowest BCUT2D eigenvalue weighted by molar-refractivity contribution is -0.907. The number of rotatable bonds is 9. The molecule has 0 bridgehead atoms. The van der Waals surface area contributed by atoms with E-state index in [9.17, 15) is 19.2 Å². The lowest BCUT2D eigenvalue weighted by Gasteiger charge is -2.27. The summed E-state index contributed by atoms with van der Waals surface area (Å²) in [6.45, 7) is 2.21. The van der Waals surface area contributed by atoms with E-state index in [1.807, 2.05) is 0 Å². The Morgan fingerprint density at radius 1 is 0.815 bits per heavy atom. The monoisotopic (exact) mass is 384 g/mol. The Labute approximate surface area is 157 Å². The van der Waals surface area contributed by atoms with Crippen LogP contribution in [0.15, 0.2) is 24.3 Å². The van der Waals surface area contributed by atoms with Crippen LogP contribution in [0.25, 0.3) is 0 Å². The second-order valence-electron chi connectivity index (χ2n) is 5.92. The highest BCUT2D eigenvalue weighted by molar-refractivity contribution is 5.92. The standard InChI is InChI=1S/C18H25NO8/c1-24-15(20)6-8-17(22)26-13-14(12-19-10-4-3-5-11-19)27-18(23)9-7-16(21)25-2/h6-9,14H,3-5,10-13H2,1-2H3/p+1/b8-6+,9-7+. The molecule has 1 fully saturated rings. The van der Waals surface area contributed by atoms with E-state index in [-0.39, 0.29) is 6.61 Å². The molecular formula is C18H26NO8+. The van der Waals surface area contributed by atoms with Gasteiger partial charge in [-0.3, -0.25) is 0 Å². The maximum absolute atomic E-state index is 11.9. The Morgan fingerprint density at radius 2 is 1.33 bits per heavy atom. The summed E-state index contributed by atoms with van der Waals surface area (Å²) in [7, 11) is 2.39. The number of hydrogen-bond donors (Lipinski definition) is 1. The summed E-state index contributed by atoms with van der Waals surface area (Å²) in [5, 5.41) is 0. The maximum Gasteiger partial charge on any atom is 0.331 e. The molecule has 0 aromatic carbocycles. The molecule has 0 spiro atoms. The molecule has 0 aromatic rings. The van der Waals surface area contributed by atoms with Gasteiger partial charge in [0, 0.05) is 24.3 Å². The normalized spacial score (nSPS) is 16.1. The largest absolute Gasteiger partial charge is 0.466 e. The van der Waals surface area contributed by atoms with Crippen LogP contribution >= 0.6 is 0 Å². The van der Waals surface area contributed by atoms with Gasteiger partial charge in [-0.1, -0.05) is 0 Å². The van der Waals surface area contributed by atoms with E-state index < -0.39 is 30.0 Å². The number of methoxy groups -OCH3 is 2. The van der Waals surface area contributed by atoms with Crippen molar-refractivity contribution < 1.29 is 43.0 Å². The molecule has 1 N–H and O–H groups in total. The Hall–Kier alpha value is -2.68. The highest BCUT2D eigenvalue weighted by Gasteiger charge is 2.23. The van der Waals surface area contributed by atoms with Gasteiger partial charge in [-0.05, 0) is 19.3 Å². The third-order valence-electron chi connectivity index (χ3n) is 3.88. The molecular weight excluding hydrogens is 358 g/mol. The van der Waals surface area contributed by atoms with Crippen LogP contribution in [0.1, 0.15) is 19.3 Å². The SMILES string of the molecule is COC(=O)/C=C/C(=O)OCC(C[NH+]1CCCCC1)OC(=O)/C=C/C(=O)OC. The van der Waals surface area contributed by atoms with Gasteiger partial charge < -0.3 is 23.8 Å². The summed E-state index contributed by atoms with van der Waals surface area (Å²) in [5.74, 6) is -2.84. The summed E-state index contributed by atoms with van der Waals surface area (Å²) in [5.41, 5.74) is 0. The van der Waals surface area contributed by atoms with Crippen molar-refractivity contribution in [3.8, 4) is 0 Å². The molecule has 1 saturated heterocycles. The lowest BCUT2D eigenvalue weighted by Crippen LogP contribution is -3.14. The minimum absolute atomic E-state index is 0.161. The maximum atomic E-state index is 11.9. The van der Waals surface area contributed by atoms with E-state index in [0.29, 0.717) is 6.54 Å². The van der Waals surface area contributed by atoms with Crippen LogP contribution in [0.2, 0.25) is 0 Å². The number of ether oxygens (including phenoxy) is 4. The molecule has 27 heavy (non-hydrogen) atoms. The van der Waals surface area contributed by atoms with Crippen molar-refractivity contribution in [1.82, 2.24) is 0 Å². The van der Waals surface area contributed by atoms with Crippen molar-refractivity contribution in [2.75, 3.05) is 40.5 Å². The molecule has 1 aliphatic rings. The molecule has 1 atom stereocenters. The molecule has 0 amide bonds. The second-order valence-corrected chi connectivity index (χ2v) is 5.92. The molecule has 1 rings (SSSR count). The van der Waals surface area contributed by atoms with Gasteiger partial charge in [0.05, 0.1) is 27.3 Å². The Morgan fingerprint density at radius 3 is 1.89 bits per heavy atom. The van der Waals surface area contributed by atoms with Crippen LogP contribution < -0.4 is 4.90 Å². The highest BCUT2D eigenvalue weighted by atomic mass is 16.6. The Balaban J connectivity index is 2.60. The first kappa shape index (κ1) is 22.4. The van der Waals surface area contributed by atoms with Crippen LogP contribution in [0, 0.1) is 0 Å². The van der Waals surface area contributed by atoms with Crippen LogP contribution in [0.5, 0.6) is 0 Å². The molecule has 1 heterocycles. The van der Waals surface area contributed by atoms with E-state index in [0.717, 1.165) is 50.2 Å². The third-order valence-corrected chi connectivity index (χ3v) is 3.88. The number of carbonyl (C=O) groups is 4. The van der Waals surface area contributed by atoms with Crippen molar-refractivity contribution in [2.24, 2.45) is 0 Å². The number of carbonyl (C=O) groups excluding carboxylic acids is 4. The number of piperidine rings is 1. The van der Waals surface area contributed by atoms with Crippen molar-refractivity contribution in [1.29, 1.82) is 0 Å².